The minimum absolute atomic E-state index is 0.00510. The number of anilines is 1. The lowest BCUT2D eigenvalue weighted by Gasteiger charge is -2.32. The molecule has 40 heavy (non-hydrogen) atoms. The average Bonchev–Trinajstić information content (AvgIpc) is 3.66. The summed E-state index contributed by atoms with van der Waals surface area (Å²) in [5.41, 5.74) is 4.51. The van der Waals surface area contributed by atoms with Gasteiger partial charge in [0.25, 0.3) is 5.91 Å². The van der Waals surface area contributed by atoms with Crippen LogP contribution in [-0.4, -0.2) is 36.0 Å². The lowest BCUT2D eigenvalue weighted by molar-refractivity contribution is -0.118. The summed E-state index contributed by atoms with van der Waals surface area (Å²) in [5.74, 6) is 2.17. The Morgan fingerprint density at radius 1 is 0.925 bits per heavy atom. The molecule has 0 saturated heterocycles. The molecule has 2 N–H and O–H groups in total. The first kappa shape index (κ1) is 25.1. The Labute approximate surface area is 236 Å². The highest BCUT2D eigenvalue weighted by Crippen LogP contribution is 2.42. The number of urea groups is 1. The second kappa shape index (κ2) is 10.6. The number of aliphatic imine (C=N–C) groups is 1. The topological polar surface area (TPSA) is 111 Å². The zero-order valence-corrected chi connectivity index (χ0v) is 22.8. The molecule has 2 atom stereocenters. The molecule has 1 fully saturated rings. The van der Waals surface area contributed by atoms with E-state index >= 15 is 0 Å². The quantitative estimate of drug-likeness (QED) is 0.391. The van der Waals surface area contributed by atoms with Gasteiger partial charge in [0.15, 0.2) is 18.1 Å². The summed E-state index contributed by atoms with van der Waals surface area (Å²) in [6.45, 7) is 0.226. The van der Waals surface area contributed by atoms with Crippen molar-refractivity contribution >= 4 is 34.7 Å². The SMILES string of the molecule is O=C1COc2ccc(C3NC(=O)N=C(CCc4ccc5c(c4)OCO5)C3c3nc(C4CCCCC4)cs3)cc2N1. The molecule has 7 rings (SSSR count). The lowest BCUT2D eigenvalue weighted by atomic mass is 9.85. The first-order valence-corrected chi connectivity index (χ1v) is 14.8. The van der Waals surface area contributed by atoms with Crippen molar-refractivity contribution in [3.05, 3.63) is 63.6 Å². The molecule has 206 valence electrons. The Kier molecular flexibility index (Phi) is 6.63. The van der Waals surface area contributed by atoms with Crippen LogP contribution in [0.2, 0.25) is 0 Å². The Hall–Kier alpha value is -3.92. The molecule has 9 nitrogen and oxygen atoms in total. The predicted octanol–water partition coefficient (Wildman–Crippen LogP) is 5.87. The summed E-state index contributed by atoms with van der Waals surface area (Å²) in [6, 6.07) is 10.9. The summed E-state index contributed by atoms with van der Waals surface area (Å²) in [4.78, 5) is 34.6. The fourth-order valence-corrected chi connectivity index (χ4v) is 7.17. The number of aromatic nitrogens is 1. The van der Waals surface area contributed by atoms with E-state index in [-0.39, 0.29) is 37.3 Å². The van der Waals surface area contributed by atoms with E-state index in [2.05, 4.69) is 21.0 Å². The molecule has 1 saturated carbocycles. The number of fused-ring (bicyclic) bond motifs is 2. The normalized spacial score (nSPS) is 22.1. The molecule has 0 radical (unpaired) electrons. The van der Waals surface area contributed by atoms with Gasteiger partial charge in [-0.25, -0.2) is 14.8 Å². The van der Waals surface area contributed by atoms with E-state index in [1.165, 1.54) is 32.1 Å². The van der Waals surface area contributed by atoms with Gasteiger partial charge in [-0.3, -0.25) is 4.79 Å². The number of ether oxygens (including phenoxy) is 3. The van der Waals surface area contributed by atoms with Crippen LogP contribution in [0.1, 0.15) is 78.2 Å². The molecule has 2 unspecified atom stereocenters. The second-order valence-corrected chi connectivity index (χ2v) is 11.6. The Bertz CT molecular complexity index is 1490. The molecular weight excluding hydrogens is 528 g/mol. The molecular formula is C30H30N4O5S. The van der Waals surface area contributed by atoms with Gasteiger partial charge in [-0.05, 0) is 61.1 Å². The van der Waals surface area contributed by atoms with Crippen molar-refractivity contribution in [2.24, 2.45) is 4.99 Å². The highest BCUT2D eigenvalue weighted by molar-refractivity contribution is 7.09. The van der Waals surface area contributed by atoms with Crippen molar-refractivity contribution in [2.45, 2.75) is 62.8 Å². The Balaban J connectivity index is 1.22. The first-order valence-electron chi connectivity index (χ1n) is 13.9. The van der Waals surface area contributed by atoms with Gasteiger partial charge < -0.3 is 24.8 Å². The highest BCUT2D eigenvalue weighted by Gasteiger charge is 2.37. The third-order valence-corrected chi connectivity index (χ3v) is 9.09. The Morgan fingerprint density at radius 3 is 2.67 bits per heavy atom. The zero-order valence-electron chi connectivity index (χ0n) is 22.0. The van der Waals surface area contributed by atoms with E-state index in [0.717, 1.165) is 39.0 Å². The van der Waals surface area contributed by atoms with Gasteiger partial charge in [0.1, 0.15) is 10.8 Å². The molecule has 1 aromatic heterocycles. The van der Waals surface area contributed by atoms with Crippen molar-refractivity contribution in [1.29, 1.82) is 0 Å². The smallest absolute Gasteiger partial charge is 0.341 e. The maximum atomic E-state index is 12.9. The minimum Gasteiger partial charge on any atom is -0.482 e. The molecule has 0 spiro atoms. The number of carbonyl (C=O) groups excluding carboxylic acids is 2. The van der Waals surface area contributed by atoms with Crippen molar-refractivity contribution in [2.75, 3.05) is 18.7 Å². The fraction of sp³-hybridized carbons (Fsp3) is 0.400. The van der Waals surface area contributed by atoms with Gasteiger partial charge in [-0.2, -0.15) is 0 Å². The van der Waals surface area contributed by atoms with Gasteiger partial charge in [0, 0.05) is 17.0 Å². The molecule has 10 heteroatoms. The lowest BCUT2D eigenvalue weighted by Crippen LogP contribution is -2.40. The number of amides is 3. The molecule has 1 aliphatic carbocycles. The molecule has 0 bridgehead atoms. The number of hydrogen-bond donors (Lipinski definition) is 2. The van der Waals surface area contributed by atoms with Crippen molar-refractivity contribution in [3.8, 4) is 17.2 Å². The van der Waals surface area contributed by atoms with Gasteiger partial charge in [0.2, 0.25) is 6.79 Å². The third-order valence-electron chi connectivity index (χ3n) is 8.15. The summed E-state index contributed by atoms with van der Waals surface area (Å²) < 4.78 is 16.6. The van der Waals surface area contributed by atoms with Crippen LogP contribution in [0.25, 0.3) is 0 Å². The molecule has 4 heterocycles. The average molecular weight is 559 g/mol. The molecule has 2 aromatic carbocycles. The largest absolute Gasteiger partial charge is 0.482 e. The van der Waals surface area contributed by atoms with E-state index in [1.54, 1.807) is 11.3 Å². The number of benzene rings is 2. The number of nitrogens with zero attached hydrogens (tertiary/aromatic N) is 2. The number of thiazole rings is 1. The predicted molar refractivity (Wildman–Crippen MR) is 151 cm³/mol. The monoisotopic (exact) mass is 558 g/mol. The van der Waals surface area contributed by atoms with Gasteiger partial charge in [-0.15, -0.1) is 11.3 Å². The summed E-state index contributed by atoms with van der Waals surface area (Å²) in [7, 11) is 0. The number of hydrogen-bond acceptors (Lipinski definition) is 7. The van der Waals surface area contributed by atoms with Gasteiger partial charge in [0.05, 0.1) is 23.3 Å². The standard InChI is InChI=1S/C30H30N4O5S/c35-26-14-37-23-11-8-19(13-21(23)31-26)28-27(29-32-22(15-40-29)18-4-2-1-3-5-18)20(33-30(36)34-28)9-6-17-7-10-24-25(12-17)39-16-38-24/h7-8,10-13,15,18,27-28H,1-6,9,14,16H2,(H,31,35)(H,34,36). The van der Waals surface area contributed by atoms with Gasteiger partial charge >= 0.3 is 6.03 Å². The van der Waals surface area contributed by atoms with Crippen molar-refractivity contribution in [1.82, 2.24) is 10.3 Å². The summed E-state index contributed by atoms with van der Waals surface area (Å²) in [5, 5.41) is 9.13. The van der Waals surface area contributed by atoms with E-state index in [1.807, 2.05) is 36.4 Å². The first-order chi connectivity index (χ1) is 19.6. The van der Waals surface area contributed by atoms with Crippen LogP contribution in [0.15, 0.2) is 46.8 Å². The summed E-state index contributed by atoms with van der Waals surface area (Å²) >= 11 is 1.65. The minimum atomic E-state index is -0.383. The van der Waals surface area contributed by atoms with Gasteiger partial charge in [-0.1, -0.05) is 31.4 Å². The van der Waals surface area contributed by atoms with Crippen LogP contribution in [0.5, 0.6) is 17.2 Å². The fourth-order valence-electron chi connectivity index (χ4n) is 6.11. The van der Waals surface area contributed by atoms with Crippen LogP contribution in [-0.2, 0) is 11.2 Å². The summed E-state index contributed by atoms with van der Waals surface area (Å²) in [6.07, 6.45) is 7.40. The number of aryl methyl sites for hydroxylation is 1. The Morgan fingerprint density at radius 2 is 1.77 bits per heavy atom. The van der Waals surface area contributed by atoms with Crippen molar-refractivity contribution < 1.29 is 23.8 Å². The number of nitrogens with one attached hydrogen (secondary N) is 2. The van der Waals surface area contributed by atoms with Crippen LogP contribution in [0, 0.1) is 0 Å². The maximum absolute atomic E-state index is 12.9. The van der Waals surface area contributed by atoms with E-state index in [4.69, 9.17) is 19.2 Å². The number of carbonyl (C=O) groups is 2. The molecule has 4 aliphatic rings. The molecule has 3 aliphatic heterocycles. The zero-order chi connectivity index (χ0) is 27.1. The van der Waals surface area contributed by atoms with Crippen molar-refractivity contribution in [3.63, 3.8) is 0 Å². The van der Waals surface area contributed by atoms with E-state index < -0.39 is 0 Å². The van der Waals surface area contributed by atoms with Crippen LogP contribution < -0.4 is 24.8 Å². The second-order valence-electron chi connectivity index (χ2n) is 10.7. The highest BCUT2D eigenvalue weighted by atomic mass is 32.1. The third kappa shape index (κ3) is 4.92. The molecule has 3 aromatic rings. The van der Waals surface area contributed by atoms with E-state index in [9.17, 15) is 9.59 Å². The van der Waals surface area contributed by atoms with Crippen LogP contribution >= 0.6 is 11.3 Å². The van der Waals surface area contributed by atoms with E-state index in [0.29, 0.717) is 30.2 Å². The maximum Gasteiger partial charge on any atom is 0.341 e. The van der Waals surface area contributed by atoms with Crippen LogP contribution in [0.4, 0.5) is 10.5 Å². The van der Waals surface area contributed by atoms with Crippen LogP contribution in [0.3, 0.4) is 0 Å². The number of rotatable bonds is 6. The molecule has 3 amide bonds.